The normalized spacial score (nSPS) is 11.4. The van der Waals surface area contributed by atoms with Gasteiger partial charge < -0.3 is 13.5 Å². The van der Waals surface area contributed by atoms with E-state index in [1.807, 2.05) is 0 Å². The Labute approximate surface area is 177 Å². The Morgan fingerprint density at radius 2 is 1.63 bits per heavy atom. The van der Waals surface area contributed by atoms with Gasteiger partial charge in [0.25, 0.3) is 0 Å². The average molecular weight is 443 g/mol. The molecule has 0 saturated carbocycles. The van der Waals surface area contributed by atoms with Crippen molar-refractivity contribution in [2.24, 2.45) is 7.05 Å². The van der Waals surface area contributed by atoms with E-state index < -0.39 is 21.1 Å². The molecule has 3 aromatic carbocycles. The second-order valence-electron chi connectivity index (χ2n) is 6.39. The quantitative estimate of drug-likeness (QED) is 0.261. The van der Waals surface area contributed by atoms with Crippen LogP contribution < -0.4 is 8.92 Å². The van der Waals surface area contributed by atoms with Crippen molar-refractivity contribution in [2.45, 2.75) is 5.03 Å². The van der Waals surface area contributed by atoms with Crippen molar-refractivity contribution in [3.63, 3.8) is 0 Å². The molecule has 0 aliphatic rings. The van der Waals surface area contributed by atoms with Gasteiger partial charge >= 0.3 is 16.1 Å². The van der Waals surface area contributed by atoms with Gasteiger partial charge in [-0.1, -0.05) is 54.1 Å². The summed E-state index contributed by atoms with van der Waals surface area (Å²) < 4.78 is 37.5. The van der Waals surface area contributed by atoms with E-state index in [4.69, 9.17) is 20.5 Å². The predicted octanol–water partition coefficient (Wildman–Crippen LogP) is 4.21. The van der Waals surface area contributed by atoms with Crippen molar-refractivity contribution < 1.29 is 22.1 Å². The van der Waals surface area contributed by atoms with Gasteiger partial charge in [0.15, 0.2) is 10.9 Å². The first-order chi connectivity index (χ1) is 14.3. The zero-order valence-electron chi connectivity index (χ0n) is 15.7. The van der Waals surface area contributed by atoms with Crippen LogP contribution in [0.2, 0.25) is 5.15 Å². The van der Waals surface area contributed by atoms with E-state index in [1.54, 1.807) is 61.6 Å². The number of para-hydroxylation sites is 1. The molecule has 0 amide bonds. The van der Waals surface area contributed by atoms with Crippen LogP contribution in [0.3, 0.4) is 0 Å². The molecule has 0 bridgehead atoms. The van der Waals surface area contributed by atoms with Gasteiger partial charge in [-0.15, -0.1) is 0 Å². The summed E-state index contributed by atoms with van der Waals surface area (Å²) in [6.45, 7) is 0. The number of nitrogens with zero attached hydrogens (tertiary/aromatic N) is 2. The number of esters is 1. The lowest BCUT2D eigenvalue weighted by atomic mass is 10.1. The number of hydrogen-bond donors (Lipinski definition) is 0. The maximum Gasteiger partial charge on any atom is 0.360 e. The summed E-state index contributed by atoms with van der Waals surface area (Å²) >= 11 is 6.01. The Bertz CT molecular complexity index is 1350. The van der Waals surface area contributed by atoms with Crippen molar-refractivity contribution in [3.8, 4) is 11.5 Å². The van der Waals surface area contributed by atoms with Gasteiger partial charge in [0.2, 0.25) is 5.03 Å². The van der Waals surface area contributed by atoms with Gasteiger partial charge in [0, 0.05) is 7.05 Å². The minimum Gasteiger partial charge on any atom is -0.423 e. The largest absolute Gasteiger partial charge is 0.423 e. The fourth-order valence-electron chi connectivity index (χ4n) is 2.82. The fraction of sp³-hybridized carbons (Fsp3) is 0.0476. The molecule has 1 heterocycles. The Morgan fingerprint density at radius 3 is 2.27 bits per heavy atom. The van der Waals surface area contributed by atoms with Crippen molar-refractivity contribution >= 4 is 38.5 Å². The van der Waals surface area contributed by atoms with E-state index in [0.29, 0.717) is 11.1 Å². The van der Waals surface area contributed by atoms with Crippen LogP contribution in [0.4, 0.5) is 0 Å². The summed E-state index contributed by atoms with van der Waals surface area (Å²) in [5, 5.41) is 0.857. The number of benzene rings is 3. The second-order valence-corrected chi connectivity index (χ2v) is 8.21. The molecule has 0 aliphatic carbocycles. The monoisotopic (exact) mass is 442 g/mol. The summed E-state index contributed by atoms with van der Waals surface area (Å²) in [5.41, 5.74) is -0.0480. The molecule has 0 saturated heterocycles. The number of hydrogen-bond acceptors (Lipinski definition) is 6. The topological polar surface area (TPSA) is 87.5 Å². The highest BCUT2D eigenvalue weighted by Crippen LogP contribution is 2.31. The molecule has 1 aromatic heterocycles. The molecular weight excluding hydrogens is 428 g/mol. The first kappa shape index (κ1) is 19.9. The molecule has 4 rings (SSSR count). The molecule has 4 aromatic rings. The fourth-order valence-corrected chi connectivity index (χ4v) is 4.17. The highest BCUT2D eigenvalue weighted by Gasteiger charge is 2.28. The van der Waals surface area contributed by atoms with E-state index >= 15 is 0 Å². The van der Waals surface area contributed by atoms with Crippen LogP contribution in [-0.2, 0) is 17.2 Å². The first-order valence-corrected chi connectivity index (χ1v) is 10.5. The lowest BCUT2D eigenvalue weighted by Gasteiger charge is -2.12. The highest BCUT2D eigenvalue weighted by atomic mass is 35.5. The number of aromatic nitrogens is 2. The number of carbonyl (C=O) groups is 1. The average Bonchev–Trinajstić information content (AvgIpc) is 3.07. The number of imidazole rings is 1. The zero-order valence-corrected chi connectivity index (χ0v) is 17.2. The molecule has 30 heavy (non-hydrogen) atoms. The number of fused-ring (bicyclic) bond motifs is 1. The van der Waals surface area contributed by atoms with Crippen LogP contribution in [0.15, 0.2) is 78.1 Å². The smallest absolute Gasteiger partial charge is 0.360 e. The molecule has 0 spiro atoms. The number of carbonyl (C=O) groups excluding carboxylic acids is 1. The van der Waals surface area contributed by atoms with Crippen LogP contribution in [0.5, 0.6) is 11.5 Å². The molecule has 0 unspecified atom stereocenters. The zero-order chi connectivity index (χ0) is 21.3. The van der Waals surface area contributed by atoms with Gasteiger partial charge in [-0.25, -0.2) is 9.78 Å². The lowest BCUT2D eigenvalue weighted by Crippen LogP contribution is -2.16. The van der Waals surface area contributed by atoms with Crippen LogP contribution >= 0.6 is 11.6 Å². The molecule has 152 valence electrons. The lowest BCUT2D eigenvalue weighted by molar-refractivity contribution is 0.0733. The standard InChI is InChI=1S/C21H15ClN2O5S/c1-24-13-23-20(19(24)22)30(26,27)29-18-12-15-8-6-5-7-14(15)11-17(18)21(25)28-16-9-3-2-4-10-16/h2-13H,1H3. The SMILES string of the molecule is Cn1cnc(S(=O)(=O)Oc2cc3ccccc3cc2C(=O)Oc2ccccc2)c1Cl. The van der Waals surface area contributed by atoms with Crippen LogP contribution in [0, 0.1) is 0 Å². The van der Waals surface area contributed by atoms with E-state index in [2.05, 4.69) is 4.98 Å². The number of halogens is 1. The third-order valence-corrected chi connectivity index (χ3v) is 6.02. The van der Waals surface area contributed by atoms with Crippen molar-refractivity contribution in [2.75, 3.05) is 0 Å². The minimum absolute atomic E-state index is 0.0480. The Balaban J connectivity index is 1.78. The number of ether oxygens (including phenoxy) is 1. The Kier molecular flexibility index (Phi) is 5.19. The van der Waals surface area contributed by atoms with E-state index in [0.717, 1.165) is 5.39 Å². The second kappa shape index (κ2) is 7.81. The third-order valence-electron chi connectivity index (χ3n) is 4.29. The summed E-state index contributed by atoms with van der Waals surface area (Å²) in [7, 11) is -2.84. The van der Waals surface area contributed by atoms with E-state index in [1.165, 1.54) is 23.0 Å². The van der Waals surface area contributed by atoms with Crippen LogP contribution in [0.1, 0.15) is 10.4 Å². The molecule has 0 atom stereocenters. The van der Waals surface area contributed by atoms with Gasteiger partial charge in [0.05, 0.1) is 6.33 Å². The van der Waals surface area contributed by atoms with Crippen LogP contribution in [-0.4, -0.2) is 23.9 Å². The van der Waals surface area contributed by atoms with Gasteiger partial charge in [-0.2, -0.15) is 8.42 Å². The summed E-state index contributed by atoms with van der Waals surface area (Å²) in [6.07, 6.45) is 1.25. The van der Waals surface area contributed by atoms with Crippen LogP contribution in [0.25, 0.3) is 10.8 Å². The van der Waals surface area contributed by atoms with Crippen molar-refractivity contribution in [3.05, 3.63) is 83.8 Å². The molecular formula is C21H15ClN2O5S. The minimum atomic E-state index is -4.39. The summed E-state index contributed by atoms with van der Waals surface area (Å²) in [6, 6.07) is 18.6. The molecule has 0 fully saturated rings. The maximum absolute atomic E-state index is 12.8. The van der Waals surface area contributed by atoms with Gasteiger partial charge in [-0.05, 0) is 35.0 Å². The summed E-state index contributed by atoms with van der Waals surface area (Å²) in [5.74, 6) is -0.627. The third kappa shape index (κ3) is 3.87. The maximum atomic E-state index is 12.8. The Hall–Kier alpha value is -3.36. The number of aryl methyl sites for hydroxylation is 1. The molecule has 0 N–H and O–H groups in total. The van der Waals surface area contributed by atoms with Gasteiger partial charge in [0.1, 0.15) is 11.3 Å². The van der Waals surface area contributed by atoms with E-state index in [-0.39, 0.29) is 16.5 Å². The molecule has 7 nitrogen and oxygen atoms in total. The van der Waals surface area contributed by atoms with Gasteiger partial charge in [-0.3, -0.25) is 0 Å². The first-order valence-electron chi connectivity index (χ1n) is 8.76. The van der Waals surface area contributed by atoms with E-state index in [9.17, 15) is 13.2 Å². The number of rotatable bonds is 5. The highest BCUT2D eigenvalue weighted by molar-refractivity contribution is 7.87. The molecule has 0 radical (unpaired) electrons. The predicted molar refractivity (Wildman–Crippen MR) is 111 cm³/mol. The molecule has 9 heteroatoms. The Morgan fingerprint density at radius 1 is 1.00 bits per heavy atom. The summed E-state index contributed by atoms with van der Waals surface area (Å²) in [4.78, 5) is 16.6. The van der Waals surface area contributed by atoms with Crippen molar-refractivity contribution in [1.82, 2.24) is 9.55 Å². The molecule has 0 aliphatic heterocycles. The van der Waals surface area contributed by atoms with Crippen molar-refractivity contribution in [1.29, 1.82) is 0 Å².